The van der Waals surface area contributed by atoms with E-state index in [9.17, 15) is 0 Å². The predicted octanol–water partition coefficient (Wildman–Crippen LogP) is 4.02. The summed E-state index contributed by atoms with van der Waals surface area (Å²) in [6.45, 7) is 2.23. The van der Waals surface area contributed by atoms with Gasteiger partial charge in [-0.1, -0.05) is 37.3 Å². The third kappa shape index (κ3) is 2.73. The van der Waals surface area contributed by atoms with E-state index in [4.69, 9.17) is 4.98 Å². The van der Waals surface area contributed by atoms with Crippen molar-refractivity contribution in [3.8, 4) is 0 Å². The van der Waals surface area contributed by atoms with E-state index in [-0.39, 0.29) is 0 Å². The zero-order valence-corrected chi connectivity index (χ0v) is 13.0. The minimum atomic E-state index is 0.357. The van der Waals surface area contributed by atoms with Crippen LogP contribution in [0, 0.1) is 0 Å². The van der Waals surface area contributed by atoms with E-state index in [2.05, 4.69) is 55.7 Å². The Morgan fingerprint density at radius 1 is 1.24 bits per heavy atom. The standard InChI is InChI=1S/C19H24N2/c1-3-14-8-4-5-11-16(14)19(20-2)17-12-6-9-15-10-7-13-21-18(15)17/h4-5,7-8,10-11,13,17,19-20H,3,6,9,12H2,1-2H3. The topological polar surface area (TPSA) is 24.9 Å². The van der Waals surface area contributed by atoms with Crippen LogP contribution < -0.4 is 5.32 Å². The molecule has 2 nitrogen and oxygen atoms in total. The van der Waals surface area contributed by atoms with Crippen LogP contribution >= 0.6 is 0 Å². The average Bonchev–Trinajstić information content (AvgIpc) is 2.56. The van der Waals surface area contributed by atoms with E-state index in [1.165, 1.54) is 41.6 Å². The molecule has 2 aromatic rings. The molecule has 1 aromatic carbocycles. The van der Waals surface area contributed by atoms with Gasteiger partial charge >= 0.3 is 0 Å². The van der Waals surface area contributed by atoms with Crippen LogP contribution in [0.1, 0.15) is 54.1 Å². The minimum absolute atomic E-state index is 0.357. The van der Waals surface area contributed by atoms with Crippen LogP contribution in [0.25, 0.3) is 0 Å². The smallest absolute Gasteiger partial charge is 0.0485 e. The van der Waals surface area contributed by atoms with E-state index in [1.807, 2.05) is 6.20 Å². The molecule has 2 atom stereocenters. The van der Waals surface area contributed by atoms with Crippen molar-refractivity contribution in [2.45, 2.75) is 44.6 Å². The molecule has 0 radical (unpaired) electrons. The molecule has 0 bridgehead atoms. The summed E-state index contributed by atoms with van der Waals surface area (Å²) in [5, 5.41) is 3.56. The van der Waals surface area contributed by atoms with Gasteiger partial charge in [-0.3, -0.25) is 4.98 Å². The summed E-state index contributed by atoms with van der Waals surface area (Å²) < 4.78 is 0. The number of hydrogen-bond acceptors (Lipinski definition) is 2. The van der Waals surface area contributed by atoms with Crippen LogP contribution in [-0.2, 0) is 12.8 Å². The van der Waals surface area contributed by atoms with E-state index >= 15 is 0 Å². The second kappa shape index (κ2) is 6.40. The highest BCUT2D eigenvalue weighted by molar-refractivity contribution is 5.35. The molecule has 1 aromatic heterocycles. The molecule has 1 N–H and O–H groups in total. The first kappa shape index (κ1) is 14.3. The Hall–Kier alpha value is -1.67. The van der Waals surface area contributed by atoms with Gasteiger partial charge in [-0.05, 0) is 55.5 Å². The van der Waals surface area contributed by atoms with Gasteiger partial charge in [-0.2, -0.15) is 0 Å². The molecule has 1 heterocycles. The Morgan fingerprint density at radius 2 is 2.10 bits per heavy atom. The third-order valence-electron chi connectivity index (χ3n) is 4.72. The summed E-state index contributed by atoms with van der Waals surface area (Å²) in [4.78, 5) is 4.71. The van der Waals surface area contributed by atoms with Gasteiger partial charge in [0.2, 0.25) is 0 Å². The molecule has 0 saturated heterocycles. The molecule has 2 unspecified atom stereocenters. The fraction of sp³-hybridized carbons (Fsp3) is 0.421. The van der Waals surface area contributed by atoms with Crippen LogP contribution in [0.5, 0.6) is 0 Å². The zero-order valence-electron chi connectivity index (χ0n) is 13.0. The second-order valence-electron chi connectivity index (χ2n) is 5.87. The Morgan fingerprint density at radius 3 is 2.90 bits per heavy atom. The number of nitrogens with zero attached hydrogens (tertiary/aromatic N) is 1. The SMILES string of the molecule is CCc1ccccc1C(NC)C1CCCc2cccnc21. The molecular weight excluding hydrogens is 256 g/mol. The summed E-state index contributed by atoms with van der Waals surface area (Å²) in [7, 11) is 2.08. The highest BCUT2D eigenvalue weighted by Crippen LogP contribution is 2.39. The van der Waals surface area contributed by atoms with Crippen molar-refractivity contribution in [2.24, 2.45) is 0 Å². The largest absolute Gasteiger partial charge is 0.312 e. The second-order valence-corrected chi connectivity index (χ2v) is 5.87. The number of likely N-dealkylation sites (N-methyl/N-ethyl adjacent to an activating group) is 1. The summed E-state index contributed by atoms with van der Waals surface area (Å²) in [6, 6.07) is 13.5. The maximum atomic E-state index is 4.71. The number of fused-ring (bicyclic) bond motifs is 1. The van der Waals surface area contributed by atoms with Crippen LogP contribution in [-0.4, -0.2) is 12.0 Å². The van der Waals surface area contributed by atoms with E-state index in [0.29, 0.717) is 12.0 Å². The number of hydrogen-bond donors (Lipinski definition) is 1. The maximum Gasteiger partial charge on any atom is 0.0485 e. The van der Waals surface area contributed by atoms with Crippen molar-refractivity contribution in [1.29, 1.82) is 0 Å². The van der Waals surface area contributed by atoms with E-state index < -0.39 is 0 Å². The first-order chi connectivity index (χ1) is 10.3. The number of aryl methyl sites for hydroxylation is 2. The monoisotopic (exact) mass is 280 g/mol. The van der Waals surface area contributed by atoms with E-state index in [0.717, 1.165) is 6.42 Å². The lowest BCUT2D eigenvalue weighted by atomic mass is 9.78. The lowest BCUT2D eigenvalue weighted by molar-refractivity contribution is 0.414. The fourth-order valence-electron chi connectivity index (χ4n) is 3.70. The normalized spacial score (nSPS) is 19.0. The van der Waals surface area contributed by atoms with Crippen molar-refractivity contribution in [2.75, 3.05) is 7.05 Å². The summed E-state index contributed by atoms with van der Waals surface area (Å²) in [5.74, 6) is 0.479. The molecule has 3 rings (SSSR count). The number of aromatic nitrogens is 1. The molecule has 0 fully saturated rings. The highest BCUT2D eigenvalue weighted by atomic mass is 14.9. The Labute approximate surface area is 127 Å². The van der Waals surface area contributed by atoms with Gasteiger partial charge in [-0.25, -0.2) is 0 Å². The number of benzene rings is 1. The lowest BCUT2D eigenvalue weighted by Crippen LogP contribution is -2.28. The average molecular weight is 280 g/mol. The molecule has 1 aliphatic rings. The molecular formula is C19H24N2. The fourth-order valence-corrected chi connectivity index (χ4v) is 3.70. The first-order valence-electron chi connectivity index (χ1n) is 8.04. The van der Waals surface area contributed by atoms with Crippen molar-refractivity contribution in [3.05, 3.63) is 65.0 Å². The van der Waals surface area contributed by atoms with Gasteiger partial charge in [0, 0.05) is 23.9 Å². The Balaban J connectivity index is 2.01. The summed E-state index contributed by atoms with van der Waals surface area (Å²) in [6.07, 6.45) is 6.67. The summed E-state index contributed by atoms with van der Waals surface area (Å²) in [5.41, 5.74) is 5.61. The van der Waals surface area contributed by atoms with Gasteiger partial charge in [-0.15, -0.1) is 0 Å². The zero-order chi connectivity index (χ0) is 14.7. The van der Waals surface area contributed by atoms with E-state index in [1.54, 1.807) is 0 Å². The van der Waals surface area contributed by atoms with Crippen LogP contribution in [0.15, 0.2) is 42.6 Å². The lowest BCUT2D eigenvalue weighted by Gasteiger charge is -2.32. The number of rotatable bonds is 4. The Bertz CT molecular complexity index is 606. The summed E-state index contributed by atoms with van der Waals surface area (Å²) >= 11 is 0. The molecule has 0 aliphatic heterocycles. The molecule has 0 saturated carbocycles. The molecule has 1 aliphatic carbocycles. The van der Waals surface area contributed by atoms with Crippen LogP contribution in [0.2, 0.25) is 0 Å². The van der Waals surface area contributed by atoms with Crippen molar-refractivity contribution in [3.63, 3.8) is 0 Å². The molecule has 2 heteroatoms. The van der Waals surface area contributed by atoms with Gasteiger partial charge in [0.05, 0.1) is 0 Å². The Kier molecular flexibility index (Phi) is 4.35. The quantitative estimate of drug-likeness (QED) is 0.915. The number of nitrogens with one attached hydrogen (secondary N) is 1. The third-order valence-corrected chi connectivity index (χ3v) is 4.72. The van der Waals surface area contributed by atoms with Gasteiger partial charge < -0.3 is 5.32 Å². The molecule has 0 amide bonds. The van der Waals surface area contributed by atoms with Crippen molar-refractivity contribution in [1.82, 2.24) is 10.3 Å². The van der Waals surface area contributed by atoms with Gasteiger partial charge in [0.15, 0.2) is 0 Å². The number of pyridine rings is 1. The van der Waals surface area contributed by atoms with Crippen LogP contribution in [0.3, 0.4) is 0 Å². The minimum Gasteiger partial charge on any atom is -0.312 e. The molecule has 0 spiro atoms. The predicted molar refractivity (Wildman–Crippen MR) is 87.5 cm³/mol. The first-order valence-corrected chi connectivity index (χ1v) is 8.04. The highest BCUT2D eigenvalue weighted by Gasteiger charge is 2.29. The molecule has 110 valence electrons. The van der Waals surface area contributed by atoms with Crippen LogP contribution in [0.4, 0.5) is 0 Å². The van der Waals surface area contributed by atoms with Gasteiger partial charge in [0.25, 0.3) is 0 Å². The molecule has 21 heavy (non-hydrogen) atoms. The van der Waals surface area contributed by atoms with Crippen molar-refractivity contribution >= 4 is 0 Å². The maximum absolute atomic E-state index is 4.71. The van der Waals surface area contributed by atoms with Crippen molar-refractivity contribution < 1.29 is 0 Å². The van der Waals surface area contributed by atoms with Gasteiger partial charge in [0.1, 0.15) is 0 Å².